The maximum Gasteiger partial charge on any atom is 0.472 e. The minimum Gasteiger partial charge on any atom is -0.469 e. The van der Waals surface area contributed by atoms with E-state index >= 15 is 0 Å². The van der Waals surface area contributed by atoms with Gasteiger partial charge in [0.1, 0.15) is 13.2 Å². The Kier molecular flexibility index (Phi) is 25.8. The summed E-state index contributed by atoms with van der Waals surface area (Å²) >= 11 is 0. The van der Waals surface area contributed by atoms with E-state index in [2.05, 4.69) is 6.92 Å². The van der Waals surface area contributed by atoms with Gasteiger partial charge in [-0.3, -0.25) is 13.8 Å². The number of phosphoric ester groups is 1. The molecule has 0 heterocycles. The standard InChI is InChI=1S/C31H64NO7P/c1-6-7-8-9-10-11-12-13-14-15-16-17-18-22-26-37-28-30(23-20-19-21-24-31(33)36-5)29-39-40(34,35)38-27-25-32(2,3)4/h30H,6-29H2,1-5H3/p+1. The zero-order valence-electron chi connectivity index (χ0n) is 26.8. The number of hydrogen-bond donors (Lipinski definition) is 1. The van der Waals surface area contributed by atoms with E-state index in [4.69, 9.17) is 18.5 Å². The normalized spacial score (nSPS) is 14.2. The van der Waals surface area contributed by atoms with E-state index in [1.807, 2.05) is 21.1 Å². The summed E-state index contributed by atoms with van der Waals surface area (Å²) < 4.78 is 34.1. The molecule has 0 rings (SSSR count). The van der Waals surface area contributed by atoms with E-state index in [9.17, 15) is 14.3 Å². The van der Waals surface area contributed by atoms with Gasteiger partial charge in [0.2, 0.25) is 0 Å². The molecule has 2 unspecified atom stereocenters. The summed E-state index contributed by atoms with van der Waals surface area (Å²) in [5, 5.41) is 0. The summed E-state index contributed by atoms with van der Waals surface area (Å²) in [6.07, 6.45) is 22.4. The highest BCUT2D eigenvalue weighted by molar-refractivity contribution is 7.47. The van der Waals surface area contributed by atoms with E-state index in [1.165, 1.54) is 90.6 Å². The lowest BCUT2D eigenvalue weighted by molar-refractivity contribution is -0.870. The van der Waals surface area contributed by atoms with Gasteiger partial charge in [0, 0.05) is 18.9 Å². The van der Waals surface area contributed by atoms with Gasteiger partial charge in [0.05, 0.1) is 41.5 Å². The number of esters is 1. The molecule has 240 valence electrons. The number of unbranched alkanes of at least 4 members (excludes halogenated alkanes) is 15. The number of phosphoric acid groups is 1. The van der Waals surface area contributed by atoms with Crippen molar-refractivity contribution in [2.45, 2.75) is 129 Å². The molecule has 40 heavy (non-hydrogen) atoms. The van der Waals surface area contributed by atoms with Crippen molar-refractivity contribution in [3.05, 3.63) is 0 Å². The van der Waals surface area contributed by atoms with Crippen LogP contribution in [0.2, 0.25) is 0 Å². The molecule has 0 saturated carbocycles. The van der Waals surface area contributed by atoms with Crippen molar-refractivity contribution < 1.29 is 37.3 Å². The van der Waals surface area contributed by atoms with Crippen LogP contribution in [0.4, 0.5) is 0 Å². The van der Waals surface area contributed by atoms with Crippen LogP contribution in [0, 0.1) is 5.92 Å². The minimum atomic E-state index is -4.10. The van der Waals surface area contributed by atoms with E-state index < -0.39 is 7.82 Å². The molecule has 0 aromatic rings. The van der Waals surface area contributed by atoms with E-state index in [1.54, 1.807) is 0 Å². The molecule has 0 bridgehead atoms. The van der Waals surface area contributed by atoms with Crippen LogP contribution >= 0.6 is 7.82 Å². The summed E-state index contributed by atoms with van der Waals surface area (Å²) in [5.74, 6) is -0.184. The molecule has 9 heteroatoms. The monoisotopic (exact) mass is 594 g/mol. The second-order valence-corrected chi connectivity index (χ2v) is 13.8. The predicted octanol–water partition coefficient (Wildman–Crippen LogP) is 8.06. The van der Waals surface area contributed by atoms with Crippen LogP contribution in [0.5, 0.6) is 0 Å². The number of nitrogens with zero attached hydrogens (tertiary/aromatic N) is 1. The Hall–Kier alpha value is -0.500. The Morgan fingerprint density at radius 3 is 1.77 bits per heavy atom. The van der Waals surface area contributed by atoms with Gasteiger partial charge >= 0.3 is 13.8 Å². The molecule has 0 aromatic carbocycles. The van der Waals surface area contributed by atoms with Gasteiger partial charge in [0.25, 0.3) is 0 Å². The molecule has 2 atom stereocenters. The number of ether oxygens (including phenoxy) is 2. The van der Waals surface area contributed by atoms with Crippen LogP contribution < -0.4 is 0 Å². The fourth-order valence-corrected chi connectivity index (χ4v) is 5.30. The molecule has 8 nitrogen and oxygen atoms in total. The molecule has 0 amide bonds. The number of quaternary nitrogens is 1. The number of carbonyl (C=O) groups is 1. The topological polar surface area (TPSA) is 91.3 Å². The Morgan fingerprint density at radius 1 is 0.725 bits per heavy atom. The number of carbonyl (C=O) groups excluding carboxylic acids is 1. The number of rotatable bonds is 30. The largest absolute Gasteiger partial charge is 0.472 e. The molecular formula is C31H65NO7P+. The Morgan fingerprint density at radius 2 is 1.25 bits per heavy atom. The van der Waals surface area contributed by atoms with Crippen molar-refractivity contribution in [2.75, 3.05) is 61.2 Å². The zero-order valence-corrected chi connectivity index (χ0v) is 27.7. The predicted molar refractivity (Wildman–Crippen MR) is 164 cm³/mol. The molecule has 1 N–H and O–H groups in total. The number of hydrogen-bond acceptors (Lipinski definition) is 6. The lowest BCUT2D eigenvalue weighted by Gasteiger charge is -2.24. The third-order valence-electron chi connectivity index (χ3n) is 7.21. The van der Waals surface area contributed by atoms with E-state index in [0.717, 1.165) is 32.1 Å². The zero-order chi connectivity index (χ0) is 30.0. The molecule has 0 aromatic heterocycles. The quantitative estimate of drug-likeness (QED) is 0.0389. The maximum atomic E-state index is 12.3. The van der Waals surface area contributed by atoms with Gasteiger partial charge in [-0.05, 0) is 19.3 Å². The van der Waals surface area contributed by atoms with Gasteiger partial charge in [-0.15, -0.1) is 0 Å². The first-order valence-electron chi connectivity index (χ1n) is 16.2. The summed E-state index contributed by atoms with van der Waals surface area (Å²) in [7, 11) is 3.30. The van der Waals surface area contributed by atoms with Gasteiger partial charge in [-0.2, -0.15) is 0 Å². The molecule has 0 saturated heterocycles. The Balaban J connectivity index is 4.07. The summed E-state index contributed by atoms with van der Waals surface area (Å²) in [6.45, 7) is 4.35. The van der Waals surface area contributed by atoms with Crippen LogP contribution in [-0.4, -0.2) is 76.6 Å². The molecule has 0 fully saturated rings. The molecular weight excluding hydrogens is 529 g/mol. The smallest absolute Gasteiger partial charge is 0.469 e. The van der Waals surface area contributed by atoms with Crippen LogP contribution in [0.15, 0.2) is 0 Å². The van der Waals surface area contributed by atoms with E-state index in [-0.39, 0.29) is 25.1 Å². The minimum absolute atomic E-state index is 0.00671. The van der Waals surface area contributed by atoms with Crippen LogP contribution in [0.3, 0.4) is 0 Å². The second-order valence-electron chi connectivity index (χ2n) is 12.3. The fraction of sp³-hybridized carbons (Fsp3) is 0.968. The average Bonchev–Trinajstić information content (AvgIpc) is 2.89. The van der Waals surface area contributed by atoms with Crippen molar-refractivity contribution in [3.8, 4) is 0 Å². The highest BCUT2D eigenvalue weighted by Gasteiger charge is 2.24. The lowest BCUT2D eigenvalue weighted by atomic mass is 10.0. The van der Waals surface area contributed by atoms with Crippen molar-refractivity contribution >= 4 is 13.8 Å². The average molecular weight is 595 g/mol. The van der Waals surface area contributed by atoms with Crippen molar-refractivity contribution in [1.29, 1.82) is 0 Å². The Labute approximate surface area is 247 Å². The van der Waals surface area contributed by atoms with E-state index in [0.29, 0.717) is 30.7 Å². The number of likely N-dealkylation sites (N-methyl/N-ethyl adjacent to an activating group) is 1. The Bertz CT molecular complexity index is 627. The van der Waals surface area contributed by atoms with Gasteiger partial charge in [-0.1, -0.05) is 103 Å². The molecule has 0 aliphatic rings. The fourth-order valence-electron chi connectivity index (χ4n) is 4.51. The van der Waals surface area contributed by atoms with Crippen LogP contribution in [-0.2, 0) is 27.9 Å². The summed E-state index contributed by atoms with van der Waals surface area (Å²) in [4.78, 5) is 21.4. The summed E-state index contributed by atoms with van der Waals surface area (Å²) in [6, 6.07) is 0. The third kappa shape index (κ3) is 29.0. The SMILES string of the molecule is CCCCCCCCCCCCCCCCOCC(CCCCCC(=O)OC)COP(=O)(O)OCC[N+](C)(C)C. The summed E-state index contributed by atoms with van der Waals surface area (Å²) in [5.41, 5.74) is 0. The lowest BCUT2D eigenvalue weighted by Crippen LogP contribution is -2.37. The third-order valence-corrected chi connectivity index (χ3v) is 8.19. The highest BCUT2D eigenvalue weighted by atomic mass is 31.2. The first-order chi connectivity index (χ1) is 19.1. The van der Waals surface area contributed by atoms with Crippen LogP contribution in [0.1, 0.15) is 129 Å². The molecule has 0 spiro atoms. The first-order valence-corrected chi connectivity index (χ1v) is 17.7. The van der Waals surface area contributed by atoms with Gasteiger partial charge in [-0.25, -0.2) is 4.57 Å². The van der Waals surface area contributed by atoms with Crippen molar-refractivity contribution in [1.82, 2.24) is 0 Å². The maximum absolute atomic E-state index is 12.3. The second kappa shape index (κ2) is 26.2. The van der Waals surface area contributed by atoms with Crippen LogP contribution in [0.25, 0.3) is 0 Å². The molecule has 0 aliphatic heterocycles. The molecule has 0 aliphatic carbocycles. The first kappa shape index (κ1) is 39.5. The van der Waals surface area contributed by atoms with Gasteiger partial charge < -0.3 is 18.9 Å². The molecule has 0 radical (unpaired) electrons. The van der Waals surface area contributed by atoms with Gasteiger partial charge in [0.15, 0.2) is 0 Å². The highest BCUT2D eigenvalue weighted by Crippen LogP contribution is 2.43. The van der Waals surface area contributed by atoms with Crippen molar-refractivity contribution in [3.63, 3.8) is 0 Å². The van der Waals surface area contributed by atoms with Crippen molar-refractivity contribution in [2.24, 2.45) is 5.92 Å². The number of methoxy groups -OCH3 is 1.